The largest absolute Gasteiger partial charge is 0.495 e. The van der Waals surface area contributed by atoms with Gasteiger partial charge in [-0.2, -0.15) is 0 Å². The molecule has 0 spiro atoms. The van der Waals surface area contributed by atoms with Crippen LogP contribution < -0.4 is 14.4 Å². The molecule has 0 saturated carbocycles. The third-order valence-corrected chi connectivity index (χ3v) is 8.86. The Bertz CT molecular complexity index is 1470. The zero-order chi connectivity index (χ0) is 31.4. The lowest BCUT2D eigenvalue weighted by molar-refractivity contribution is -0.141. The molecule has 0 fully saturated rings. The highest BCUT2D eigenvalue weighted by molar-refractivity contribution is 7.92. The van der Waals surface area contributed by atoms with E-state index in [2.05, 4.69) is 5.32 Å². The average molecular weight is 649 g/mol. The van der Waals surface area contributed by atoms with Gasteiger partial charge >= 0.3 is 0 Å². The summed E-state index contributed by atoms with van der Waals surface area (Å²) in [6, 6.07) is 20.7. The van der Waals surface area contributed by atoms with Crippen LogP contribution in [0.5, 0.6) is 5.75 Å². The molecular weight excluding hydrogens is 609 g/mol. The SMILES string of the molecule is CCCCNC(=O)[C@@H](Cc1ccccc1)N(Cc1ccc(Cl)c(Cl)c1)C(=O)CCCN(c1ccccc1OC)S(C)(=O)=O. The van der Waals surface area contributed by atoms with E-state index < -0.39 is 16.1 Å². The van der Waals surface area contributed by atoms with Gasteiger partial charge in [0.15, 0.2) is 0 Å². The van der Waals surface area contributed by atoms with Gasteiger partial charge in [0, 0.05) is 32.5 Å². The van der Waals surface area contributed by atoms with E-state index in [9.17, 15) is 18.0 Å². The summed E-state index contributed by atoms with van der Waals surface area (Å²) in [5.74, 6) is -0.129. The van der Waals surface area contributed by atoms with E-state index in [4.69, 9.17) is 27.9 Å². The quantitative estimate of drug-likeness (QED) is 0.189. The van der Waals surface area contributed by atoms with Crippen molar-refractivity contribution >= 4 is 50.7 Å². The molecule has 0 bridgehead atoms. The van der Waals surface area contributed by atoms with Gasteiger partial charge in [0.2, 0.25) is 21.8 Å². The number of para-hydroxylation sites is 2. The highest BCUT2D eigenvalue weighted by atomic mass is 35.5. The van der Waals surface area contributed by atoms with Crippen LogP contribution in [-0.4, -0.2) is 57.6 Å². The predicted molar refractivity (Wildman–Crippen MR) is 173 cm³/mol. The number of halogens is 2. The molecule has 11 heteroatoms. The highest BCUT2D eigenvalue weighted by Crippen LogP contribution is 2.30. The summed E-state index contributed by atoms with van der Waals surface area (Å²) < 4.78 is 32.1. The second kappa shape index (κ2) is 16.5. The number of benzene rings is 3. The molecule has 0 aliphatic heterocycles. The molecular formula is C32H39Cl2N3O5S. The van der Waals surface area contributed by atoms with Crippen molar-refractivity contribution in [3.8, 4) is 5.75 Å². The maximum absolute atomic E-state index is 14.0. The first kappa shape index (κ1) is 34.2. The topological polar surface area (TPSA) is 96.0 Å². The Morgan fingerprint density at radius 1 is 0.930 bits per heavy atom. The van der Waals surface area contributed by atoms with Gasteiger partial charge in [-0.25, -0.2) is 8.42 Å². The lowest BCUT2D eigenvalue weighted by atomic mass is 10.0. The number of sulfonamides is 1. The van der Waals surface area contributed by atoms with Crippen molar-refractivity contribution in [2.45, 2.75) is 51.6 Å². The van der Waals surface area contributed by atoms with E-state index in [1.165, 1.54) is 11.4 Å². The predicted octanol–water partition coefficient (Wildman–Crippen LogP) is 6.10. The summed E-state index contributed by atoms with van der Waals surface area (Å²) in [5, 5.41) is 3.73. The summed E-state index contributed by atoms with van der Waals surface area (Å²) in [6.45, 7) is 2.71. The Morgan fingerprint density at radius 3 is 2.28 bits per heavy atom. The number of unbranched alkanes of at least 4 members (excludes halogenated alkanes) is 1. The molecule has 3 aromatic carbocycles. The van der Waals surface area contributed by atoms with Crippen LogP contribution in [0.1, 0.15) is 43.7 Å². The summed E-state index contributed by atoms with van der Waals surface area (Å²) in [7, 11) is -2.20. The number of methoxy groups -OCH3 is 1. The number of carbonyl (C=O) groups excluding carboxylic acids is 2. The summed E-state index contributed by atoms with van der Waals surface area (Å²) in [5.41, 5.74) is 2.02. The van der Waals surface area contributed by atoms with Crippen LogP contribution in [0, 0.1) is 0 Å². The molecule has 0 heterocycles. The highest BCUT2D eigenvalue weighted by Gasteiger charge is 2.31. The van der Waals surface area contributed by atoms with Crippen LogP contribution in [0.2, 0.25) is 10.0 Å². The van der Waals surface area contributed by atoms with E-state index in [0.717, 1.165) is 24.7 Å². The number of amides is 2. The standard InChI is InChI=1S/C32H39Cl2N3O5S/c1-4-5-19-35-32(39)29(22-24-12-7-6-8-13-24)36(23-25-17-18-26(33)27(34)21-25)31(38)16-11-20-37(43(3,40)41)28-14-9-10-15-30(28)42-2/h6-10,12-15,17-18,21,29H,4-5,11,16,19-20,22-23H2,1-3H3,(H,35,39)/t29-/m1/s1. The molecule has 3 rings (SSSR count). The second-order valence-corrected chi connectivity index (χ2v) is 13.0. The molecule has 3 aromatic rings. The fraction of sp³-hybridized carbons (Fsp3) is 0.375. The van der Waals surface area contributed by atoms with Gasteiger partial charge in [-0.05, 0) is 48.2 Å². The summed E-state index contributed by atoms with van der Waals surface area (Å²) in [4.78, 5) is 29.1. The van der Waals surface area contributed by atoms with Gasteiger partial charge in [0.1, 0.15) is 11.8 Å². The van der Waals surface area contributed by atoms with Gasteiger partial charge in [-0.3, -0.25) is 13.9 Å². The van der Waals surface area contributed by atoms with E-state index in [1.807, 2.05) is 37.3 Å². The van der Waals surface area contributed by atoms with Crippen LogP contribution in [0.25, 0.3) is 0 Å². The van der Waals surface area contributed by atoms with E-state index in [0.29, 0.717) is 40.0 Å². The maximum atomic E-state index is 14.0. The minimum Gasteiger partial charge on any atom is -0.495 e. The smallest absolute Gasteiger partial charge is 0.243 e. The third-order valence-electron chi connectivity index (χ3n) is 6.94. The Labute approximate surface area is 265 Å². The van der Waals surface area contributed by atoms with Crippen molar-refractivity contribution in [2.24, 2.45) is 0 Å². The number of hydrogen-bond donors (Lipinski definition) is 1. The van der Waals surface area contributed by atoms with Crippen LogP contribution >= 0.6 is 23.2 Å². The first-order chi connectivity index (χ1) is 20.5. The van der Waals surface area contributed by atoms with E-state index in [1.54, 1.807) is 47.4 Å². The monoisotopic (exact) mass is 647 g/mol. The van der Waals surface area contributed by atoms with Crippen molar-refractivity contribution in [1.29, 1.82) is 0 Å². The van der Waals surface area contributed by atoms with Crippen molar-refractivity contribution in [1.82, 2.24) is 10.2 Å². The van der Waals surface area contributed by atoms with Crippen molar-refractivity contribution in [2.75, 3.05) is 30.8 Å². The Kier molecular flexibility index (Phi) is 13.2. The van der Waals surface area contributed by atoms with Crippen molar-refractivity contribution in [3.05, 3.63) is 94.0 Å². The maximum Gasteiger partial charge on any atom is 0.243 e. The van der Waals surface area contributed by atoms with Gasteiger partial charge in [0.05, 0.1) is 29.1 Å². The molecule has 0 radical (unpaired) electrons. The third kappa shape index (κ3) is 10.2. The summed E-state index contributed by atoms with van der Waals surface area (Å²) >= 11 is 12.4. The minimum atomic E-state index is -3.67. The molecule has 0 aliphatic carbocycles. The molecule has 43 heavy (non-hydrogen) atoms. The number of ether oxygens (including phenoxy) is 1. The molecule has 1 N–H and O–H groups in total. The number of nitrogens with one attached hydrogen (secondary N) is 1. The lowest BCUT2D eigenvalue weighted by Crippen LogP contribution is -2.50. The first-order valence-corrected chi connectivity index (χ1v) is 16.8. The molecule has 0 unspecified atom stereocenters. The van der Waals surface area contributed by atoms with Gasteiger partial charge < -0.3 is 15.0 Å². The Morgan fingerprint density at radius 2 is 1.63 bits per heavy atom. The van der Waals surface area contributed by atoms with E-state index in [-0.39, 0.29) is 37.7 Å². The van der Waals surface area contributed by atoms with Crippen LogP contribution in [0.3, 0.4) is 0 Å². The normalized spacial score (nSPS) is 11.9. The zero-order valence-electron chi connectivity index (χ0n) is 24.8. The number of nitrogens with zero attached hydrogens (tertiary/aromatic N) is 2. The van der Waals surface area contributed by atoms with Crippen molar-refractivity contribution < 1.29 is 22.7 Å². The van der Waals surface area contributed by atoms with E-state index >= 15 is 0 Å². The van der Waals surface area contributed by atoms with Crippen molar-refractivity contribution in [3.63, 3.8) is 0 Å². The summed E-state index contributed by atoms with van der Waals surface area (Å²) in [6.07, 6.45) is 3.39. The fourth-order valence-corrected chi connectivity index (χ4v) is 6.00. The Hall–Kier alpha value is -3.27. The van der Waals surface area contributed by atoms with Gasteiger partial charge in [0.25, 0.3) is 0 Å². The molecule has 1 atom stereocenters. The second-order valence-electron chi connectivity index (χ2n) is 10.2. The fourth-order valence-electron chi connectivity index (χ4n) is 4.71. The van der Waals surface area contributed by atoms with Gasteiger partial charge in [-0.1, -0.05) is 85.1 Å². The average Bonchev–Trinajstić information content (AvgIpc) is 2.98. The molecule has 232 valence electrons. The van der Waals surface area contributed by atoms with Crippen LogP contribution in [0.4, 0.5) is 5.69 Å². The molecule has 0 aliphatic rings. The van der Waals surface area contributed by atoms with Gasteiger partial charge in [-0.15, -0.1) is 0 Å². The van der Waals surface area contributed by atoms with Crippen LogP contribution in [-0.2, 0) is 32.6 Å². The minimum absolute atomic E-state index is 0.00994. The molecule has 8 nitrogen and oxygen atoms in total. The molecule has 2 amide bonds. The molecule has 0 saturated heterocycles. The molecule has 0 aromatic heterocycles. The number of carbonyl (C=O) groups is 2. The number of anilines is 1. The lowest BCUT2D eigenvalue weighted by Gasteiger charge is -2.32. The van der Waals surface area contributed by atoms with Crippen LogP contribution in [0.15, 0.2) is 72.8 Å². The zero-order valence-corrected chi connectivity index (χ0v) is 27.1. The number of rotatable bonds is 16. The number of hydrogen-bond acceptors (Lipinski definition) is 5. The first-order valence-electron chi connectivity index (χ1n) is 14.2. The Balaban J connectivity index is 1.91.